The van der Waals surface area contributed by atoms with Crippen LogP contribution in [-0.2, 0) is 13.1 Å². The molecule has 1 aliphatic rings. The van der Waals surface area contributed by atoms with Crippen LogP contribution in [0.15, 0.2) is 47.1 Å². The average molecular weight is 455 g/mol. The zero-order valence-corrected chi connectivity index (χ0v) is 18.7. The zero-order valence-electron chi connectivity index (χ0n) is 18.7. The van der Waals surface area contributed by atoms with Crippen molar-refractivity contribution in [3.8, 4) is 11.5 Å². The Balaban J connectivity index is 1.27. The number of ether oxygens (including phenoxy) is 1. The largest absolute Gasteiger partial charge is 0.504 e. The number of methoxy groups -OCH3 is 1. The van der Waals surface area contributed by atoms with Crippen molar-refractivity contribution < 1.29 is 23.4 Å². The van der Waals surface area contributed by atoms with Crippen molar-refractivity contribution in [1.82, 2.24) is 14.8 Å². The van der Waals surface area contributed by atoms with Crippen molar-refractivity contribution in [1.29, 1.82) is 0 Å². The molecule has 1 aliphatic heterocycles. The van der Waals surface area contributed by atoms with E-state index >= 15 is 0 Å². The van der Waals surface area contributed by atoms with Gasteiger partial charge >= 0.3 is 0 Å². The van der Waals surface area contributed by atoms with Crippen LogP contribution in [0.5, 0.6) is 11.5 Å². The summed E-state index contributed by atoms with van der Waals surface area (Å²) in [5, 5.41) is 12.5. The summed E-state index contributed by atoms with van der Waals surface area (Å²) in [5.74, 6) is 0.0370. The Kier molecular flexibility index (Phi) is 6.90. The van der Waals surface area contributed by atoms with Crippen LogP contribution in [0, 0.1) is 12.7 Å². The first kappa shape index (κ1) is 22.8. The van der Waals surface area contributed by atoms with Crippen LogP contribution >= 0.6 is 0 Å². The van der Waals surface area contributed by atoms with Gasteiger partial charge < -0.3 is 19.6 Å². The molecule has 0 atom stereocenters. The number of oxazole rings is 1. The van der Waals surface area contributed by atoms with Gasteiger partial charge in [-0.2, -0.15) is 0 Å². The van der Waals surface area contributed by atoms with E-state index in [-0.39, 0.29) is 17.1 Å². The predicted octanol–water partition coefficient (Wildman–Crippen LogP) is 3.41. The third-order valence-electron chi connectivity index (χ3n) is 5.63. The topological polar surface area (TPSA) is 91.1 Å². The summed E-state index contributed by atoms with van der Waals surface area (Å²) < 4.78 is 24.5. The van der Waals surface area contributed by atoms with E-state index in [2.05, 4.69) is 20.1 Å². The van der Waals surface area contributed by atoms with E-state index in [9.17, 15) is 14.3 Å². The molecule has 3 aromatic rings. The van der Waals surface area contributed by atoms with Crippen molar-refractivity contribution in [3.05, 3.63) is 71.2 Å². The first-order chi connectivity index (χ1) is 15.9. The Morgan fingerprint density at radius 2 is 1.88 bits per heavy atom. The molecule has 0 unspecified atom stereocenters. The van der Waals surface area contributed by atoms with Crippen molar-refractivity contribution in [2.24, 2.45) is 0 Å². The van der Waals surface area contributed by atoms with Gasteiger partial charge in [0.05, 0.1) is 19.3 Å². The number of aromatic hydroxyl groups is 1. The number of phenolic OH excluding ortho intramolecular Hbond substituents is 1. The third kappa shape index (κ3) is 5.68. The number of rotatable bonds is 7. The average Bonchev–Trinajstić information content (AvgIpc) is 3.26. The highest BCUT2D eigenvalue weighted by Gasteiger charge is 2.21. The fourth-order valence-corrected chi connectivity index (χ4v) is 3.80. The van der Waals surface area contributed by atoms with Gasteiger partial charge in [-0.25, -0.2) is 9.37 Å². The maximum Gasteiger partial charge on any atom is 0.277 e. The number of nitrogens with zero attached hydrogens (tertiary/aromatic N) is 3. The molecule has 1 fully saturated rings. The number of anilines is 1. The number of aromatic nitrogens is 1. The van der Waals surface area contributed by atoms with E-state index < -0.39 is 11.7 Å². The first-order valence-electron chi connectivity index (χ1n) is 10.7. The molecule has 1 saturated heterocycles. The summed E-state index contributed by atoms with van der Waals surface area (Å²) in [7, 11) is 1.53. The third-order valence-corrected chi connectivity index (χ3v) is 5.63. The lowest BCUT2D eigenvalue weighted by atomic mass is 10.1. The predicted molar refractivity (Wildman–Crippen MR) is 121 cm³/mol. The van der Waals surface area contributed by atoms with Crippen molar-refractivity contribution in [2.45, 2.75) is 20.0 Å². The second-order valence-electron chi connectivity index (χ2n) is 8.12. The molecule has 33 heavy (non-hydrogen) atoms. The smallest absolute Gasteiger partial charge is 0.277 e. The number of amides is 1. The number of aryl methyl sites for hydroxylation is 1. The minimum atomic E-state index is -0.512. The summed E-state index contributed by atoms with van der Waals surface area (Å²) in [5.41, 5.74) is 2.10. The first-order valence-corrected chi connectivity index (χ1v) is 10.7. The zero-order chi connectivity index (χ0) is 23.4. The van der Waals surface area contributed by atoms with E-state index in [1.165, 1.54) is 19.4 Å². The van der Waals surface area contributed by atoms with Gasteiger partial charge in [0.25, 0.3) is 5.91 Å². The molecule has 2 N–H and O–H groups in total. The highest BCUT2D eigenvalue weighted by molar-refractivity contribution is 6.02. The SMILES string of the molecule is COc1ccc(CN2CCN(Cc3nc(C(=O)Nc4cc(C)ccc4F)co3)CC2)cc1O. The number of phenols is 1. The molecule has 9 heteroatoms. The highest BCUT2D eigenvalue weighted by atomic mass is 19.1. The Morgan fingerprint density at radius 3 is 2.58 bits per heavy atom. The number of nitrogens with one attached hydrogen (secondary N) is 1. The second kappa shape index (κ2) is 10.0. The van der Waals surface area contributed by atoms with E-state index in [1.807, 2.05) is 13.0 Å². The molecule has 0 radical (unpaired) electrons. The minimum Gasteiger partial charge on any atom is -0.504 e. The van der Waals surface area contributed by atoms with Gasteiger partial charge in [-0.1, -0.05) is 12.1 Å². The number of piperazine rings is 1. The Bertz CT molecular complexity index is 1130. The molecule has 0 saturated carbocycles. The van der Waals surface area contributed by atoms with Crippen molar-refractivity contribution in [2.75, 3.05) is 38.6 Å². The quantitative estimate of drug-likeness (QED) is 0.565. The summed E-state index contributed by atoms with van der Waals surface area (Å²) in [6.07, 6.45) is 1.30. The van der Waals surface area contributed by atoms with Crippen molar-refractivity contribution in [3.63, 3.8) is 0 Å². The fourth-order valence-electron chi connectivity index (χ4n) is 3.80. The van der Waals surface area contributed by atoms with Crippen LogP contribution in [-0.4, -0.2) is 59.1 Å². The molecular formula is C24H27FN4O4. The Hall–Kier alpha value is -3.43. The van der Waals surface area contributed by atoms with E-state index in [0.29, 0.717) is 18.2 Å². The van der Waals surface area contributed by atoms with E-state index in [0.717, 1.165) is 43.9 Å². The molecule has 2 aromatic carbocycles. The number of hydrogen-bond donors (Lipinski definition) is 2. The standard InChI is InChI=1S/C24H27FN4O4/c1-16-3-5-18(25)19(11-16)27-24(31)20-15-33-23(26-20)14-29-9-7-28(8-10-29)13-17-4-6-22(32-2)21(30)12-17/h3-6,11-12,15,30H,7-10,13-14H2,1-2H3,(H,27,31). The molecular weight excluding hydrogens is 427 g/mol. The number of benzene rings is 2. The lowest BCUT2D eigenvalue weighted by molar-refractivity contribution is 0.102. The molecule has 1 amide bonds. The van der Waals surface area contributed by atoms with Crippen LogP contribution < -0.4 is 10.1 Å². The van der Waals surface area contributed by atoms with Crippen LogP contribution in [0.1, 0.15) is 27.5 Å². The summed E-state index contributed by atoms with van der Waals surface area (Å²) in [4.78, 5) is 21.2. The second-order valence-corrected chi connectivity index (χ2v) is 8.12. The lowest BCUT2D eigenvalue weighted by Crippen LogP contribution is -2.45. The molecule has 1 aromatic heterocycles. The molecule has 8 nitrogen and oxygen atoms in total. The van der Waals surface area contributed by atoms with Gasteiger partial charge in [0.2, 0.25) is 5.89 Å². The van der Waals surface area contributed by atoms with Crippen LogP contribution in [0.4, 0.5) is 10.1 Å². The molecule has 2 heterocycles. The summed E-state index contributed by atoms with van der Waals surface area (Å²) in [6, 6.07) is 9.97. The van der Waals surface area contributed by atoms with Crippen LogP contribution in [0.3, 0.4) is 0 Å². The monoisotopic (exact) mass is 454 g/mol. The molecule has 4 rings (SSSR count). The van der Waals surface area contributed by atoms with Crippen LogP contribution in [0.25, 0.3) is 0 Å². The van der Waals surface area contributed by atoms with Gasteiger partial charge in [-0.3, -0.25) is 14.6 Å². The van der Waals surface area contributed by atoms with Gasteiger partial charge in [0.1, 0.15) is 12.1 Å². The van der Waals surface area contributed by atoms with Gasteiger partial charge in [-0.15, -0.1) is 0 Å². The Morgan fingerprint density at radius 1 is 1.15 bits per heavy atom. The number of carbonyl (C=O) groups excluding carboxylic acids is 1. The normalized spacial score (nSPS) is 14.9. The molecule has 174 valence electrons. The van der Waals surface area contributed by atoms with Gasteiger partial charge in [0.15, 0.2) is 17.2 Å². The fraction of sp³-hybridized carbons (Fsp3) is 0.333. The number of hydrogen-bond acceptors (Lipinski definition) is 7. The van der Waals surface area contributed by atoms with E-state index in [1.54, 1.807) is 24.3 Å². The van der Waals surface area contributed by atoms with Crippen LogP contribution in [0.2, 0.25) is 0 Å². The summed E-state index contributed by atoms with van der Waals surface area (Å²) >= 11 is 0. The molecule has 0 aliphatic carbocycles. The lowest BCUT2D eigenvalue weighted by Gasteiger charge is -2.34. The maximum absolute atomic E-state index is 13.9. The van der Waals surface area contributed by atoms with Crippen molar-refractivity contribution >= 4 is 11.6 Å². The Labute approximate surface area is 191 Å². The maximum atomic E-state index is 13.9. The highest BCUT2D eigenvalue weighted by Crippen LogP contribution is 2.27. The number of carbonyl (C=O) groups is 1. The summed E-state index contributed by atoms with van der Waals surface area (Å²) in [6.45, 7) is 6.40. The van der Waals surface area contributed by atoms with E-state index in [4.69, 9.17) is 9.15 Å². The minimum absolute atomic E-state index is 0.115. The number of halogens is 1. The molecule has 0 bridgehead atoms. The van der Waals surface area contributed by atoms with Gasteiger partial charge in [-0.05, 0) is 42.3 Å². The molecule has 0 spiro atoms. The van der Waals surface area contributed by atoms with Gasteiger partial charge in [0, 0.05) is 32.7 Å².